The molecule has 0 atom stereocenters. The monoisotopic (exact) mass is 338 g/mol. The van der Waals surface area contributed by atoms with E-state index in [1.165, 1.54) is 5.56 Å². The first-order valence-corrected chi connectivity index (χ1v) is 8.37. The summed E-state index contributed by atoms with van der Waals surface area (Å²) in [6, 6.07) is 7.98. The van der Waals surface area contributed by atoms with Gasteiger partial charge < -0.3 is 10.2 Å². The maximum atomic E-state index is 12.6. The number of amides is 2. The number of carbonyl (C=O) groups is 2. The number of fused-ring (bicyclic) bond motifs is 1. The molecule has 0 saturated carbocycles. The predicted octanol–water partition coefficient (Wildman–Crippen LogP) is 1.76. The number of aryl methyl sites for hydroxylation is 1. The van der Waals surface area contributed by atoms with Gasteiger partial charge in [0.25, 0.3) is 5.91 Å². The molecular formula is C19H22N4O2. The Hall–Kier alpha value is -2.89. The molecule has 0 spiro atoms. The number of benzene rings is 1. The summed E-state index contributed by atoms with van der Waals surface area (Å²) >= 11 is 0. The van der Waals surface area contributed by atoms with Crippen LogP contribution in [0.4, 0.5) is 0 Å². The Morgan fingerprint density at radius 2 is 2.12 bits per heavy atom. The molecule has 0 aliphatic carbocycles. The summed E-state index contributed by atoms with van der Waals surface area (Å²) < 4.78 is 0. The Labute approximate surface area is 146 Å². The van der Waals surface area contributed by atoms with Crippen LogP contribution in [0.15, 0.2) is 36.9 Å². The normalized spacial score (nSPS) is 13.2. The van der Waals surface area contributed by atoms with Crippen LogP contribution in [0.25, 0.3) is 0 Å². The molecule has 2 heterocycles. The molecule has 130 valence electrons. The van der Waals surface area contributed by atoms with Crippen LogP contribution in [0.2, 0.25) is 0 Å². The van der Waals surface area contributed by atoms with Gasteiger partial charge in [-0.05, 0) is 12.5 Å². The van der Waals surface area contributed by atoms with Gasteiger partial charge in [-0.2, -0.15) is 5.10 Å². The van der Waals surface area contributed by atoms with E-state index in [1.54, 1.807) is 11.0 Å². The van der Waals surface area contributed by atoms with Crippen molar-refractivity contribution in [2.24, 2.45) is 0 Å². The van der Waals surface area contributed by atoms with Crippen molar-refractivity contribution in [3.05, 3.63) is 65.0 Å². The lowest BCUT2D eigenvalue weighted by Crippen LogP contribution is -2.37. The minimum atomic E-state index is -0.245. The third kappa shape index (κ3) is 3.79. The fourth-order valence-corrected chi connectivity index (χ4v) is 2.94. The topological polar surface area (TPSA) is 78.1 Å². The Morgan fingerprint density at radius 1 is 1.36 bits per heavy atom. The van der Waals surface area contributed by atoms with Crippen LogP contribution < -0.4 is 5.32 Å². The van der Waals surface area contributed by atoms with Crippen LogP contribution in [0, 0.1) is 6.92 Å². The highest BCUT2D eigenvalue weighted by Crippen LogP contribution is 2.21. The van der Waals surface area contributed by atoms with E-state index in [0.29, 0.717) is 38.2 Å². The van der Waals surface area contributed by atoms with Gasteiger partial charge in [-0.1, -0.05) is 35.9 Å². The van der Waals surface area contributed by atoms with E-state index >= 15 is 0 Å². The molecule has 0 radical (unpaired) electrons. The summed E-state index contributed by atoms with van der Waals surface area (Å²) in [5, 5.41) is 9.78. The summed E-state index contributed by atoms with van der Waals surface area (Å²) in [5.74, 6) is -0.182. The van der Waals surface area contributed by atoms with Crippen LogP contribution in [-0.4, -0.2) is 40.0 Å². The zero-order valence-electron chi connectivity index (χ0n) is 14.3. The number of nitrogens with zero attached hydrogens (tertiary/aromatic N) is 2. The molecule has 1 aliphatic rings. The minimum absolute atomic E-state index is 0.0631. The lowest BCUT2D eigenvalue weighted by atomic mass is 10.0. The third-order valence-electron chi connectivity index (χ3n) is 4.38. The van der Waals surface area contributed by atoms with Crippen LogP contribution in [0.1, 0.15) is 32.9 Å². The van der Waals surface area contributed by atoms with Crippen molar-refractivity contribution < 1.29 is 9.59 Å². The summed E-state index contributed by atoms with van der Waals surface area (Å²) in [6.45, 7) is 7.04. The number of nitrogens with one attached hydrogen (secondary N) is 2. The second-order valence-corrected chi connectivity index (χ2v) is 6.26. The quantitative estimate of drug-likeness (QED) is 0.816. The number of hydrogen-bond donors (Lipinski definition) is 2. The Bertz CT molecular complexity index is 792. The van der Waals surface area contributed by atoms with E-state index < -0.39 is 0 Å². The maximum absolute atomic E-state index is 12.6. The van der Waals surface area contributed by atoms with Gasteiger partial charge in [0.05, 0.1) is 6.42 Å². The Balaban J connectivity index is 1.70. The molecule has 1 aromatic carbocycles. The minimum Gasteiger partial charge on any atom is -0.347 e. The number of carbonyl (C=O) groups excluding carboxylic acids is 2. The molecular weight excluding hydrogens is 316 g/mol. The molecule has 0 bridgehead atoms. The highest BCUT2D eigenvalue weighted by Gasteiger charge is 2.27. The molecule has 0 fully saturated rings. The zero-order chi connectivity index (χ0) is 17.8. The van der Waals surface area contributed by atoms with Gasteiger partial charge in [0, 0.05) is 37.3 Å². The zero-order valence-corrected chi connectivity index (χ0v) is 14.3. The molecule has 1 aromatic heterocycles. The standard InChI is InChI=1S/C19H22N4O2/c1-3-9-20-19(25)18-15-12-23(10-8-16(15)21-22-18)17(24)11-14-6-4-13(2)5-7-14/h3-7H,1,8-12H2,2H3,(H,20,25)(H,21,22). The third-order valence-corrected chi connectivity index (χ3v) is 4.38. The molecule has 3 rings (SSSR count). The smallest absolute Gasteiger partial charge is 0.272 e. The van der Waals surface area contributed by atoms with Gasteiger partial charge >= 0.3 is 0 Å². The first kappa shape index (κ1) is 17.0. The van der Waals surface area contributed by atoms with Crippen molar-refractivity contribution >= 4 is 11.8 Å². The van der Waals surface area contributed by atoms with Gasteiger partial charge in [-0.15, -0.1) is 6.58 Å². The predicted molar refractivity (Wildman–Crippen MR) is 95.1 cm³/mol. The van der Waals surface area contributed by atoms with E-state index in [2.05, 4.69) is 22.1 Å². The average Bonchev–Trinajstić information content (AvgIpc) is 3.04. The summed E-state index contributed by atoms with van der Waals surface area (Å²) in [7, 11) is 0. The maximum Gasteiger partial charge on any atom is 0.272 e. The lowest BCUT2D eigenvalue weighted by Gasteiger charge is -2.27. The molecule has 1 aliphatic heterocycles. The van der Waals surface area contributed by atoms with Gasteiger partial charge in [-0.25, -0.2) is 0 Å². The summed E-state index contributed by atoms with van der Waals surface area (Å²) in [5.41, 5.74) is 4.28. The second kappa shape index (κ2) is 7.34. The highest BCUT2D eigenvalue weighted by atomic mass is 16.2. The SMILES string of the molecule is C=CCNC(=O)c1n[nH]c2c1CN(C(=O)Cc1ccc(C)cc1)CC2. The van der Waals surface area contributed by atoms with Gasteiger partial charge in [0.1, 0.15) is 0 Å². The number of aromatic amines is 1. The van der Waals surface area contributed by atoms with E-state index in [9.17, 15) is 9.59 Å². The molecule has 2 N–H and O–H groups in total. The van der Waals surface area contributed by atoms with E-state index in [0.717, 1.165) is 16.8 Å². The van der Waals surface area contributed by atoms with Crippen molar-refractivity contribution in [3.8, 4) is 0 Å². The molecule has 0 unspecified atom stereocenters. The van der Waals surface area contributed by atoms with Crippen molar-refractivity contribution in [2.45, 2.75) is 26.3 Å². The van der Waals surface area contributed by atoms with Crippen molar-refractivity contribution in [1.82, 2.24) is 20.4 Å². The van der Waals surface area contributed by atoms with Crippen LogP contribution in [-0.2, 0) is 24.2 Å². The molecule has 2 amide bonds. The molecule has 25 heavy (non-hydrogen) atoms. The Morgan fingerprint density at radius 3 is 2.84 bits per heavy atom. The molecule has 6 nitrogen and oxygen atoms in total. The number of rotatable bonds is 5. The van der Waals surface area contributed by atoms with E-state index in [4.69, 9.17) is 0 Å². The summed E-state index contributed by atoms with van der Waals surface area (Å²) in [6.07, 6.45) is 2.66. The summed E-state index contributed by atoms with van der Waals surface area (Å²) in [4.78, 5) is 26.6. The fourth-order valence-electron chi connectivity index (χ4n) is 2.94. The van der Waals surface area contributed by atoms with E-state index in [1.807, 2.05) is 31.2 Å². The van der Waals surface area contributed by atoms with Gasteiger partial charge in [0.15, 0.2) is 5.69 Å². The molecule has 0 saturated heterocycles. The van der Waals surface area contributed by atoms with E-state index in [-0.39, 0.29) is 11.8 Å². The fraction of sp³-hybridized carbons (Fsp3) is 0.316. The number of aromatic nitrogens is 2. The van der Waals surface area contributed by atoms with Crippen LogP contribution >= 0.6 is 0 Å². The first-order valence-electron chi connectivity index (χ1n) is 8.37. The van der Waals surface area contributed by atoms with Crippen molar-refractivity contribution in [2.75, 3.05) is 13.1 Å². The first-order chi connectivity index (χ1) is 12.1. The van der Waals surface area contributed by atoms with Crippen molar-refractivity contribution in [1.29, 1.82) is 0 Å². The number of hydrogen-bond acceptors (Lipinski definition) is 3. The number of H-pyrrole nitrogens is 1. The van der Waals surface area contributed by atoms with Crippen LogP contribution in [0.3, 0.4) is 0 Å². The average molecular weight is 338 g/mol. The largest absolute Gasteiger partial charge is 0.347 e. The molecule has 2 aromatic rings. The second-order valence-electron chi connectivity index (χ2n) is 6.26. The van der Waals surface area contributed by atoms with Gasteiger partial charge in [0.2, 0.25) is 5.91 Å². The van der Waals surface area contributed by atoms with Gasteiger partial charge in [-0.3, -0.25) is 14.7 Å². The Kier molecular flexibility index (Phi) is 4.97. The van der Waals surface area contributed by atoms with Crippen LogP contribution in [0.5, 0.6) is 0 Å². The lowest BCUT2D eigenvalue weighted by molar-refractivity contribution is -0.131. The molecule has 6 heteroatoms. The highest BCUT2D eigenvalue weighted by molar-refractivity contribution is 5.94. The van der Waals surface area contributed by atoms with Crippen molar-refractivity contribution in [3.63, 3.8) is 0 Å².